The minimum Gasteiger partial charge on any atom is -0.464 e. The molecule has 0 saturated carbocycles. The highest BCUT2D eigenvalue weighted by atomic mass is 16.6. The van der Waals surface area contributed by atoms with E-state index >= 15 is 0 Å². The molecule has 0 aromatic carbocycles. The quantitative estimate of drug-likeness (QED) is 0.419. The molecule has 5 nitrogen and oxygen atoms in total. The first kappa shape index (κ1) is 14.3. The molecule has 0 aliphatic carbocycles. The summed E-state index contributed by atoms with van der Waals surface area (Å²) in [5.41, 5.74) is 0. The predicted molar refractivity (Wildman–Crippen MR) is 56.6 cm³/mol. The van der Waals surface area contributed by atoms with Gasteiger partial charge in [-0.25, -0.2) is 4.79 Å². The van der Waals surface area contributed by atoms with Gasteiger partial charge in [0.25, 0.3) is 0 Å². The van der Waals surface area contributed by atoms with Crippen LogP contribution in [-0.2, 0) is 14.3 Å². The number of ether oxygens (including phenoxy) is 2. The second-order valence-electron chi connectivity index (χ2n) is 3.25. The molecule has 0 saturated heterocycles. The topological polar surface area (TPSA) is 67.8 Å². The maximum absolute atomic E-state index is 10.8. The van der Waals surface area contributed by atoms with Crippen molar-refractivity contribution in [3.63, 3.8) is 0 Å². The molecular formula is C10H21NO4. The molecule has 0 radical (unpaired) electrons. The molecule has 0 amide bonds. The second-order valence-corrected chi connectivity index (χ2v) is 3.25. The van der Waals surface area contributed by atoms with Gasteiger partial charge in [-0.2, -0.15) is 0 Å². The first-order valence-electron chi connectivity index (χ1n) is 5.29. The number of esters is 1. The van der Waals surface area contributed by atoms with Gasteiger partial charge >= 0.3 is 5.97 Å². The fourth-order valence-corrected chi connectivity index (χ4v) is 0.938. The Balaban J connectivity index is 3.08. The number of nitrogens with one attached hydrogen (secondary N) is 1. The van der Waals surface area contributed by atoms with E-state index in [9.17, 15) is 4.79 Å². The summed E-state index contributed by atoms with van der Waals surface area (Å²) in [6.07, 6.45) is 0.440. The van der Waals surface area contributed by atoms with Gasteiger partial charge in [0.15, 0.2) is 0 Å². The van der Waals surface area contributed by atoms with E-state index in [1.807, 2.05) is 0 Å². The summed E-state index contributed by atoms with van der Waals surface area (Å²) in [6.45, 7) is 5.79. The lowest BCUT2D eigenvalue weighted by Gasteiger charge is -2.07. The van der Waals surface area contributed by atoms with E-state index in [-0.39, 0.29) is 18.7 Å². The van der Waals surface area contributed by atoms with Crippen LogP contribution in [0.3, 0.4) is 0 Å². The van der Waals surface area contributed by atoms with E-state index in [0.717, 1.165) is 13.0 Å². The number of rotatable bonds is 9. The van der Waals surface area contributed by atoms with Crippen molar-refractivity contribution in [1.29, 1.82) is 0 Å². The second kappa shape index (κ2) is 9.89. The van der Waals surface area contributed by atoms with Gasteiger partial charge < -0.3 is 19.9 Å². The summed E-state index contributed by atoms with van der Waals surface area (Å²) < 4.78 is 9.74. The normalized spacial score (nSPS) is 12.5. The van der Waals surface area contributed by atoms with Gasteiger partial charge in [0.05, 0.1) is 19.3 Å². The van der Waals surface area contributed by atoms with Gasteiger partial charge in [-0.15, -0.1) is 0 Å². The number of carbonyl (C=O) groups excluding carboxylic acids is 1. The molecule has 0 rings (SSSR count). The Morgan fingerprint density at radius 2 is 2.20 bits per heavy atom. The molecule has 1 atom stereocenters. The highest BCUT2D eigenvalue weighted by Gasteiger charge is 2.00. The van der Waals surface area contributed by atoms with Crippen LogP contribution in [0, 0.1) is 0 Å². The van der Waals surface area contributed by atoms with Gasteiger partial charge in [0.1, 0.15) is 6.61 Å². The molecule has 15 heavy (non-hydrogen) atoms. The van der Waals surface area contributed by atoms with Crippen LogP contribution in [0.2, 0.25) is 0 Å². The van der Waals surface area contributed by atoms with Gasteiger partial charge in [0, 0.05) is 6.54 Å². The maximum atomic E-state index is 10.8. The monoisotopic (exact) mass is 219 g/mol. The van der Waals surface area contributed by atoms with Crippen LogP contribution < -0.4 is 5.32 Å². The standard InChI is InChI=1S/C10H21NO4/c1-3-15-10(13)8-14-7-6-11-5-4-9(2)12/h9,11-12H,3-8H2,1-2H3. The van der Waals surface area contributed by atoms with E-state index in [0.29, 0.717) is 19.8 Å². The van der Waals surface area contributed by atoms with E-state index < -0.39 is 0 Å². The summed E-state index contributed by atoms with van der Waals surface area (Å²) in [5, 5.41) is 12.0. The van der Waals surface area contributed by atoms with Gasteiger partial charge in [-0.3, -0.25) is 0 Å². The Morgan fingerprint density at radius 3 is 2.80 bits per heavy atom. The molecule has 2 N–H and O–H groups in total. The number of carbonyl (C=O) groups is 1. The molecular weight excluding hydrogens is 198 g/mol. The van der Waals surface area contributed by atoms with Crippen LogP contribution in [0.15, 0.2) is 0 Å². The molecule has 0 aliphatic rings. The molecule has 0 spiro atoms. The van der Waals surface area contributed by atoms with Crippen molar-refractivity contribution < 1.29 is 19.4 Å². The number of aliphatic hydroxyl groups excluding tert-OH is 1. The zero-order valence-electron chi connectivity index (χ0n) is 9.49. The largest absolute Gasteiger partial charge is 0.464 e. The van der Waals surface area contributed by atoms with Crippen molar-refractivity contribution >= 4 is 5.97 Å². The molecule has 0 heterocycles. The molecule has 0 aliphatic heterocycles. The molecule has 90 valence electrons. The molecule has 0 fully saturated rings. The summed E-state index contributed by atoms with van der Waals surface area (Å²) in [6, 6.07) is 0. The molecule has 0 bridgehead atoms. The predicted octanol–water partition coefficient (Wildman–Crippen LogP) is -0.0734. The lowest BCUT2D eigenvalue weighted by atomic mass is 10.3. The lowest BCUT2D eigenvalue weighted by molar-refractivity contribution is -0.148. The Labute approximate surface area is 90.8 Å². The van der Waals surface area contributed by atoms with E-state index in [4.69, 9.17) is 9.84 Å². The van der Waals surface area contributed by atoms with Crippen molar-refractivity contribution in [2.75, 3.05) is 32.9 Å². The number of hydrogen-bond acceptors (Lipinski definition) is 5. The zero-order valence-corrected chi connectivity index (χ0v) is 9.49. The Morgan fingerprint density at radius 1 is 1.47 bits per heavy atom. The average molecular weight is 219 g/mol. The third kappa shape index (κ3) is 11.3. The van der Waals surface area contributed by atoms with E-state index in [1.165, 1.54) is 0 Å². The number of aliphatic hydroxyl groups is 1. The molecule has 0 aromatic heterocycles. The highest BCUT2D eigenvalue weighted by molar-refractivity contribution is 5.70. The molecule has 5 heteroatoms. The lowest BCUT2D eigenvalue weighted by Crippen LogP contribution is -2.24. The first-order chi connectivity index (χ1) is 7.16. The average Bonchev–Trinajstić information content (AvgIpc) is 2.16. The van der Waals surface area contributed by atoms with Crippen LogP contribution >= 0.6 is 0 Å². The number of hydrogen-bond donors (Lipinski definition) is 2. The third-order valence-electron chi connectivity index (χ3n) is 1.69. The van der Waals surface area contributed by atoms with E-state index in [2.05, 4.69) is 10.1 Å². The highest BCUT2D eigenvalue weighted by Crippen LogP contribution is 1.85. The minimum atomic E-state index is -0.332. The van der Waals surface area contributed by atoms with Crippen LogP contribution in [-0.4, -0.2) is 50.1 Å². The summed E-state index contributed by atoms with van der Waals surface area (Å²) in [7, 11) is 0. The van der Waals surface area contributed by atoms with Crippen molar-refractivity contribution in [3.8, 4) is 0 Å². The molecule has 1 unspecified atom stereocenters. The maximum Gasteiger partial charge on any atom is 0.332 e. The SMILES string of the molecule is CCOC(=O)COCCNCCC(C)O. The summed E-state index contributed by atoms with van der Waals surface area (Å²) in [5.74, 6) is -0.332. The van der Waals surface area contributed by atoms with Crippen LogP contribution in [0.25, 0.3) is 0 Å². The first-order valence-corrected chi connectivity index (χ1v) is 5.29. The Hall–Kier alpha value is -0.650. The smallest absolute Gasteiger partial charge is 0.332 e. The fourth-order valence-electron chi connectivity index (χ4n) is 0.938. The summed E-state index contributed by atoms with van der Waals surface area (Å²) in [4.78, 5) is 10.8. The third-order valence-corrected chi connectivity index (χ3v) is 1.69. The van der Waals surface area contributed by atoms with Crippen LogP contribution in [0.4, 0.5) is 0 Å². The van der Waals surface area contributed by atoms with Gasteiger partial charge in [-0.1, -0.05) is 0 Å². The fraction of sp³-hybridized carbons (Fsp3) is 0.900. The minimum absolute atomic E-state index is 0.00588. The van der Waals surface area contributed by atoms with Crippen molar-refractivity contribution in [2.45, 2.75) is 26.4 Å². The molecule has 0 aromatic rings. The van der Waals surface area contributed by atoms with Gasteiger partial charge in [-0.05, 0) is 26.8 Å². The van der Waals surface area contributed by atoms with Gasteiger partial charge in [0.2, 0.25) is 0 Å². The Bertz CT molecular complexity index is 162. The Kier molecular flexibility index (Phi) is 9.46. The van der Waals surface area contributed by atoms with Crippen molar-refractivity contribution in [3.05, 3.63) is 0 Å². The van der Waals surface area contributed by atoms with Crippen LogP contribution in [0.1, 0.15) is 20.3 Å². The van der Waals surface area contributed by atoms with E-state index in [1.54, 1.807) is 13.8 Å². The van der Waals surface area contributed by atoms with Crippen molar-refractivity contribution in [1.82, 2.24) is 5.32 Å². The van der Waals surface area contributed by atoms with Crippen molar-refractivity contribution in [2.24, 2.45) is 0 Å². The summed E-state index contributed by atoms with van der Waals surface area (Å²) >= 11 is 0. The zero-order chi connectivity index (χ0) is 11.5. The van der Waals surface area contributed by atoms with Crippen LogP contribution in [0.5, 0.6) is 0 Å².